The van der Waals surface area contributed by atoms with Gasteiger partial charge in [0.25, 0.3) is 6.02 Å². The van der Waals surface area contributed by atoms with Crippen LogP contribution in [0.25, 0.3) is 6.08 Å². The highest BCUT2D eigenvalue weighted by Gasteiger charge is 2.14. The Morgan fingerprint density at radius 3 is 2.05 bits per heavy atom. The molecule has 192 valence electrons. The molecule has 0 saturated carbocycles. The summed E-state index contributed by atoms with van der Waals surface area (Å²) in [4.78, 5) is 29.9. The Bertz CT molecular complexity index is 1450. The van der Waals surface area contributed by atoms with Gasteiger partial charge in [0.15, 0.2) is 18.3 Å². The molecule has 0 spiro atoms. The van der Waals surface area contributed by atoms with Gasteiger partial charge in [-0.2, -0.15) is 0 Å². The van der Waals surface area contributed by atoms with Gasteiger partial charge >= 0.3 is 0 Å². The molecule has 2 radical (unpaired) electrons. The number of benzene rings is 4. The number of para-hydroxylation sites is 2. The van der Waals surface area contributed by atoms with Crippen LogP contribution in [0.2, 0.25) is 0 Å². The molecule has 0 atom stereocenters. The number of nitrogens with zero attached hydrogens (tertiary/aromatic N) is 2. The van der Waals surface area contributed by atoms with Crippen LogP contribution in [0.4, 0.5) is 22.7 Å². The van der Waals surface area contributed by atoms with E-state index in [2.05, 4.69) is 55.4 Å². The normalized spacial score (nSPS) is 11.5. The van der Waals surface area contributed by atoms with E-state index < -0.39 is 0 Å². The lowest BCUT2D eigenvalue weighted by atomic mass is 9.94. The highest BCUT2D eigenvalue weighted by Crippen LogP contribution is 2.34. The van der Waals surface area contributed by atoms with Crippen LogP contribution in [0, 0.1) is 0 Å². The number of ether oxygens (including phenoxy) is 1. The Morgan fingerprint density at radius 1 is 0.923 bits per heavy atom. The summed E-state index contributed by atoms with van der Waals surface area (Å²) in [7, 11) is 5.84. The second-order valence-corrected chi connectivity index (χ2v) is 9.21. The molecule has 0 saturated heterocycles. The van der Waals surface area contributed by atoms with Crippen LogP contribution in [-0.2, 0) is 9.53 Å². The van der Waals surface area contributed by atoms with E-state index in [0.29, 0.717) is 40.3 Å². The molecule has 0 aromatic heterocycles. The fraction of sp³-hybridized carbons (Fsp3) is 0.0645. The number of hydrogen-bond donors (Lipinski definition) is 1. The predicted octanol–water partition coefficient (Wildman–Crippen LogP) is 6.57. The average molecular weight is 578 g/mol. The van der Waals surface area contributed by atoms with Crippen molar-refractivity contribution in [2.24, 2.45) is 4.99 Å². The molecule has 6 nitrogen and oxygen atoms in total. The summed E-state index contributed by atoms with van der Waals surface area (Å²) in [5, 5.41) is 2.99. The molecule has 1 N–H and O–H groups in total. The van der Waals surface area contributed by atoms with Gasteiger partial charge in [-0.25, -0.2) is 4.99 Å². The molecule has 0 fully saturated rings. The van der Waals surface area contributed by atoms with Crippen LogP contribution in [0.1, 0.15) is 22.8 Å². The van der Waals surface area contributed by atoms with Crippen molar-refractivity contribution in [3.8, 4) is 0 Å². The summed E-state index contributed by atoms with van der Waals surface area (Å²) in [6.07, 6.45) is 2.91. The number of amidine groups is 1. The van der Waals surface area contributed by atoms with Gasteiger partial charge in [-0.05, 0) is 70.9 Å². The van der Waals surface area contributed by atoms with Crippen molar-refractivity contribution in [2.75, 3.05) is 16.8 Å². The van der Waals surface area contributed by atoms with Gasteiger partial charge < -0.3 is 15.0 Å². The van der Waals surface area contributed by atoms with Crippen molar-refractivity contribution in [1.29, 1.82) is 0 Å². The quantitative estimate of drug-likeness (QED) is 0.0608. The lowest BCUT2D eigenvalue weighted by molar-refractivity contribution is -0.106. The Morgan fingerprint density at radius 2 is 1.51 bits per heavy atom. The molecule has 0 unspecified atom stereocenters. The first-order valence-electron chi connectivity index (χ1n) is 12.2. The maximum absolute atomic E-state index is 11.9. The molecule has 0 bridgehead atoms. The van der Waals surface area contributed by atoms with E-state index in [-0.39, 0.29) is 11.8 Å². The number of aldehydes is 2. The number of carbonyl (C=O) groups excluding carboxylic acids is 2. The largest absolute Gasteiger partial charge is 0.422 e. The van der Waals surface area contributed by atoms with E-state index in [1.807, 2.05) is 67.6 Å². The molecule has 0 heterocycles. The summed E-state index contributed by atoms with van der Waals surface area (Å²) in [5.74, 6) is 0.0460. The standard InChI is InChI=1S/C31H25BBrN3O3/c1-2-34-31(35-30-23(20-37)18-24(32)19-29(30)33)39-28(21-38)17-22-13-15-27(16-14-22)36(25-9-5-3-6-10-25)26-11-7-4-8-12-26/h3-21H,2H2,1H3,(H,34,35)/b28-17+. The minimum atomic E-state index is 0.0460. The van der Waals surface area contributed by atoms with E-state index in [1.165, 1.54) is 6.07 Å². The van der Waals surface area contributed by atoms with Crippen molar-refractivity contribution in [3.05, 3.63) is 118 Å². The SMILES string of the molecule is [B]c1cc(Br)c(NC(=NCC)O/C(C=O)=C/c2ccc(N(c3ccccc3)c3ccccc3)cc2)c(C=O)c1. The van der Waals surface area contributed by atoms with Gasteiger partial charge in [-0.1, -0.05) is 66.1 Å². The Hall–Kier alpha value is -4.43. The Kier molecular flexibility index (Phi) is 9.48. The highest BCUT2D eigenvalue weighted by molar-refractivity contribution is 9.10. The predicted molar refractivity (Wildman–Crippen MR) is 163 cm³/mol. The summed E-state index contributed by atoms with van der Waals surface area (Å²) in [5.41, 5.74) is 4.96. The number of anilines is 4. The molecule has 0 aliphatic rings. The number of rotatable bonds is 9. The minimum Gasteiger partial charge on any atom is -0.422 e. The van der Waals surface area contributed by atoms with Crippen LogP contribution < -0.4 is 15.7 Å². The maximum atomic E-state index is 11.9. The molecule has 0 aliphatic heterocycles. The fourth-order valence-corrected chi connectivity index (χ4v) is 4.50. The van der Waals surface area contributed by atoms with Gasteiger partial charge in [-0.3, -0.25) is 9.59 Å². The van der Waals surface area contributed by atoms with E-state index in [0.717, 1.165) is 22.6 Å². The van der Waals surface area contributed by atoms with Crippen molar-refractivity contribution in [3.63, 3.8) is 0 Å². The van der Waals surface area contributed by atoms with E-state index in [1.54, 1.807) is 12.1 Å². The van der Waals surface area contributed by atoms with Crippen LogP contribution in [0.5, 0.6) is 0 Å². The average Bonchev–Trinajstić information content (AvgIpc) is 2.96. The molecule has 39 heavy (non-hydrogen) atoms. The maximum Gasteiger partial charge on any atom is 0.294 e. The second kappa shape index (κ2) is 13.4. The number of aliphatic imine (C=N–C) groups is 1. The highest BCUT2D eigenvalue weighted by atomic mass is 79.9. The van der Waals surface area contributed by atoms with Crippen molar-refractivity contribution in [1.82, 2.24) is 0 Å². The van der Waals surface area contributed by atoms with Gasteiger partial charge in [0.05, 0.1) is 5.69 Å². The van der Waals surface area contributed by atoms with Crippen molar-refractivity contribution in [2.45, 2.75) is 6.92 Å². The third-order valence-electron chi connectivity index (χ3n) is 5.62. The third kappa shape index (κ3) is 7.12. The Labute approximate surface area is 237 Å². The van der Waals surface area contributed by atoms with E-state index in [9.17, 15) is 9.59 Å². The lowest BCUT2D eigenvalue weighted by Gasteiger charge is -2.25. The summed E-state index contributed by atoms with van der Waals surface area (Å²) < 4.78 is 6.36. The summed E-state index contributed by atoms with van der Waals surface area (Å²) in [6.45, 7) is 2.22. The molecule has 4 rings (SSSR count). The molecule has 4 aromatic rings. The second-order valence-electron chi connectivity index (χ2n) is 8.35. The zero-order chi connectivity index (χ0) is 27.6. The number of nitrogens with one attached hydrogen (secondary N) is 1. The number of halogens is 1. The van der Waals surface area contributed by atoms with Gasteiger partial charge in [0, 0.05) is 33.6 Å². The van der Waals surface area contributed by atoms with E-state index in [4.69, 9.17) is 12.6 Å². The lowest BCUT2D eigenvalue weighted by Crippen LogP contribution is -2.19. The third-order valence-corrected chi connectivity index (χ3v) is 6.25. The van der Waals surface area contributed by atoms with Gasteiger partial charge in [0.2, 0.25) is 0 Å². The Balaban J connectivity index is 1.59. The van der Waals surface area contributed by atoms with Crippen LogP contribution in [-0.4, -0.2) is 33.0 Å². The first kappa shape index (κ1) is 27.6. The smallest absolute Gasteiger partial charge is 0.294 e. The van der Waals surface area contributed by atoms with Crippen LogP contribution in [0.15, 0.2) is 112 Å². The van der Waals surface area contributed by atoms with Gasteiger partial charge in [0.1, 0.15) is 7.85 Å². The molecular formula is C31H25BBrN3O3. The van der Waals surface area contributed by atoms with Gasteiger partial charge in [-0.15, -0.1) is 0 Å². The molecule has 0 aliphatic carbocycles. The molecular weight excluding hydrogens is 553 g/mol. The first-order chi connectivity index (χ1) is 19.0. The summed E-state index contributed by atoms with van der Waals surface area (Å²) >= 11 is 3.41. The number of allylic oxidation sites excluding steroid dienone is 1. The van der Waals surface area contributed by atoms with E-state index >= 15 is 0 Å². The van der Waals surface area contributed by atoms with Crippen molar-refractivity contribution >= 4 is 76.7 Å². The van der Waals surface area contributed by atoms with Crippen LogP contribution in [0.3, 0.4) is 0 Å². The minimum absolute atomic E-state index is 0.0460. The number of hydrogen-bond acceptors (Lipinski definition) is 5. The summed E-state index contributed by atoms with van der Waals surface area (Å²) in [6, 6.07) is 31.2. The zero-order valence-electron chi connectivity index (χ0n) is 21.3. The molecule has 4 aromatic carbocycles. The first-order valence-corrected chi connectivity index (χ1v) is 13.0. The molecule has 0 amide bonds. The zero-order valence-corrected chi connectivity index (χ0v) is 22.8. The van der Waals surface area contributed by atoms with Crippen LogP contribution >= 0.6 is 15.9 Å². The number of carbonyl (C=O) groups is 2. The monoisotopic (exact) mass is 577 g/mol. The molecule has 8 heteroatoms. The van der Waals surface area contributed by atoms with Crippen molar-refractivity contribution < 1.29 is 14.3 Å². The topological polar surface area (TPSA) is 71.0 Å². The fourth-order valence-electron chi connectivity index (χ4n) is 3.91.